The van der Waals surface area contributed by atoms with E-state index in [1.807, 2.05) is 61.5 Å². The molecule has 218 valence electrons. The summed E-state index contributed by atoms with van der Waals surface area (Å²) in [6.45, 7) is 10.2. The number of nitrogens with one attached hydrogen (secondary N) is 3. The molecule has 2 aromatic carbocycles. The van der Waals surface area contributed by atoms with Crippen LogP contribution in [-0.2, 0) is 10.2 Å². The number of nitrogens with zero attached hydrogens (tertiary/aromatic N) is 2. The van der Waals surface area contributed by atoms with Gasteiger partial charge in [-0.05, 0) is 68.5 Å². The van der Waals surface area contributed by atoms with Crippen LogP contribution in [0.15, 0.2) is 54.6 Å². The van der Waals surface area contributed by atoms with E-state index in [0.29, 0.717) is 29.6 Å². The highest BCUT2D eigenvalue weighted by atomic mass is 16.2. The number of amides is 2. The lowest BCUT2D eigenvalue weighted by Crippen LogP contribution is -2.34. The molecule has 2 aliphatic rings. The zero-order valence-corrected chi connectivity index (χ0v) is 25.0. The predicted octanol–water partition coefficient (Wildman–Crippen LogP) is 7.35. The molecule has 1 unspecified atom stereocenters. The fourth-order valence-corrected chi connectivity index (χ4v) is 6.37. The number of anilines is 2. The highest BCUT2D eigenvalue weighted by Crippen LogP contribution is 2.39. The number of aromatic nitrogens is 2. The van der Waals surface area contributed by atoms with Crippen LogP contribution in [-0.4, -0.2) is 34.7 Å². The van der Waals surface area contributed by atoms with Crippen LogP contribution < -0.4 is 16.0 Å². The number of carbonyl (C=O) groups is 2. The van der Waals surface area contributed by atoms with Gasteiger partial charge in [0.1, 0.15) is 11.6 Å². The fraction of sp³-hybridized carbons (Fsp3) is 0.500. The third kappa shape index (κ3) is 7.07. The molecular weight excluding hydrogens is 510 g/mol. The normalized spacial score (nSPS) is 17.4. The van der Waals surface area contributed by atoms with Gasteiger partial charge >= 0.3 is 6.03 Å². The SMILES string of the molecule is Cc1ccc(-n2nc(C(C)(C)C)cc2NC(=O)Nc2ccccc2C(C(=O)CC2CCCC2)C2CCNCC2)cc1. The van der Waals surface area contributed by atoms with Crippen molar-refractivity contribution >= 4 is 23.3 Å². The first-order valence-electron chi connectivity index (χ1n) is 15.3. The second kappa shape index (κ2) is 12.6. The third-order valence-corrected chi connectivity index (χ3v) is 8.71. The fourth-order valence-electron chi connectivity index (χ4n) is 6.37. The van der Waals surface area contributed by atoms with Crippen LogP contribution >= 0.6 is 0 Å². The van der Waals surface area contributed by atoms with Crippen molar-refractivity contribution in [2.24, 2.45) is 11.8 Å². The molecular formula is C34H45N5O2. The summed E-state index contributed by atoms with van der Waals surface area (Å²) in [6.07, 6.45) is 7.32. The maximum absolute atomic E-state index is 13.9. The smallest absolute Gasteiger partial charge is 0.317 e. The van der Waals surface area contributed by atoms with E-state index in [2.05, 4.69) is 36.7 Å². The lowest BCUT2D eigenvalue weighted by atomic mass is 9.75. The molecule has 0 radical (unpaired) electrons. The van der Waals surface area contributed by atoms with Crippen molar-refractivity contribution < 1.29 is 9.59 Å². The Balaban J connectivity index is 1.41. The summed E-state index contributed by atoms with van der Waals surface area (Å²) in [5.41, 5.74) is 4.37. The van der Waals surface area contributed by atoms with E-state index < -0.39 is 0 Å². The Morgan fingerprint density at radius 1 is 0.976 bits per heavy atom. The molecule has 0 spiro atoms. The Kier molecular flexibility index (Phi) is 8.93. The zero-order chi connectivity index (χ0) is 29.0. The van der Waals surface area contributed by atoms with E-state index in [0.717, 1.165) is 61.3 Å². The standard InChI is InChI=1S/C34H45N5O2/c1-23-13-15-26(16-14-23)39-31(22-30(38-39)34(2,3)4)37-33(41)36-28-12-8-7-11-27(28)32(25-17-19-35-20-18-25)29(40)21-24-9-5-6-10-24/h7-8,11-16,22,24-25,32,35H,5-6,9-10,17-21H2,1-4H3,(H2,36,37,41). The van der Waals surface area contributed by atoms with Crippen LogP contribution in [0, 0.1) is 18.8 Å². The van der Waals surface area contributed by atoms with Gasteiger partial charge in [0, 0.05) is 29.5 Å². The number of Topliss-reactive ketones (excluding diaryl/α,β-unsaturated/α-hetero) is 1. The maximum atomic E-state index is 13.9. The number of aryl methyl sites for hydroxylation is 1. The first-order chi connectivity index (χ1) is 19.7. The minimum atomic E-state index is -0.349. The van der Waals surface area contributed by atoms with Crippen molar-refractivity contribution in [2.75, 3.05) is 23.7 Å². The topological polar surface area (TPSA) is 88.1 Å². The van der Waals surface area contributed by atoms with Crippen LogP contribution in [0.5, 0.6) is 0 Å². The molecule has 3 aromatic rings. The number of hydrogen-bond acceptors (Lipinski definition) is 4. The summed E-state index contributed by atoms with van der Waals surface area (Å²) in [5, 5.41) is 14.4. The molecule has 41 heavy (non-hydrogen) atoms. The Labute approximate surface area is 244 Å². The van der Waals surface area contributed by atoms with Crippen LogP contribution in [0.4, 0.5) is 16.3 Å². The summed E-state index contributed by atoms with van der Waals surface area (Å²) in [6, 6.07) is 17.5. The molecule has 5 rings (SSSR count). The van der Waals surface area contributed by atoms with Crippen molar-refractivity contribution in [1.82, 2.24) is 15.1 Å². The van der Waals surface area contributed by atoms with Crippen molar-refractivity contribution in [3.05, 3.63) is 71.4 Å². The molecule has 0 bridgehead atoms. The molecule has 2 fully saturated rings. The summed E-state index contributed by atoms with van der Waals surface area (Å²) in [5.74, 6) is 1.48. The number of urea groups is 1. The van der Waals surface area contributed by atoms with Gasteiger partial charge in [0.05, 0.1) is 11.4 Å². The molecule has 1 saturated carbocycles. The van der Waals surface area contributed by atoms with Gasteiger partial charge in [-0.15, -0.1) is 0 Å². The summed E-state index contributed by atoms with van der Waals surface area (Å²) < 4.78 is 1.79. The van der Waals surface area contributed by atoms with Crippen molar-refractivity contribution in [1.29, 1.82) is 0 Å². The van der Waals surface area contributed by atoms with E-state index in [4.69, 9.17) is 5.10 Å². The van der Waals surface area contributed by atoms with E-state index in [-0.39, 0.29) is 23.3 Å². The average Bonchev–Trinajstić information content (AvgIpc) is 3.61. The summed E-state index contributed by atoms with van der Waals surface area (Å²) >= 11 is 0. The van der Waals surface area contributed by atoms with Gasteiger partial charge in [-0.25, -0.2) is 9.48 Å². The number of ketones is 1. The first-order valence-corrected chi connectivity index (χ1v) is 15.3. The highest BCUT2D eigenvalue weighted by molar-refractivity contribution is 6.01. The zero-order valence-electron chi connectivity index (χ0n) is 25.0. The molecule has 2 heterocycles. The van der Waals surface area contributed by atoms with Gasteiger partial charge in [0.2, 0.25) is 0 Å². The van der Waals surface area contributed by atoms with Gasteiger partial charge < -0.3 is 10.6 Å². The molecule has 7 heteroatoms. The van der Waals surface area contributed by atoms with Gasteiger partial charge in [0.15, 0.2) is 0 Å². The average molecular weight is 556 g/mol. The molecule has 1 atom stereocenters. The van der Waals surface area contributed by atoms with E-state index >= 15 is 0 Å². The summed E-state index contributed by atoms with van der Waals surface area (Å²) in [7, 11) is 0. The second-order valence-electron chi connectivity index (χ2n) is 13.0. The Morgan fingerprint density at radius 2 is 1.66 bits per heavy atom. The van der Waals surface area contributed by atoms with Crippen molar-refractivity contribution in [3.8, 4) is 5.69 Å². The number of piperidine rings is 1. The quantitative estimate of drug-likeness (QED) is 0.271. The van der Waals surface area contributed by atoms with Gasteiger partial charge in [-0.1, -0.05) is 82.3 Å². The lowest BCUT2D eigenvalue weighted by molar-refractivity contribution is -0.122. The van der Waals surface area contributed by atoms with Crippen LogP contribution in [0.3, 0.4) is 0 Å². The monoisotopic (exact) mass is 555 g/mol. The number of carbonyl (C=O) groups excluding carboxylic acids is 2. The van der Waals surface area contributed by atoms with Crippen LogP contribution in [0.2, 0.25) is 0 Å². The summed E-state index contributed by atoms with van der Waals surface area (Å²) in [4.78, 5) is 27.4. The number of para-hydroxylation sites is 1. The van der Waals surface area contributed by atoms with Gasteiger partial charge in [0.25, 0.3) is 0 Å². The van der Waals surface area contributed by atoms with Crippen molar-refractivity contribution in [3.63, 3.8) is 0 Å². The predicted molar refractivity (Wildman–Crippen MR) is 166 cm³/mol. The Morgan fingerprint density at radius 3 is 2.34 bits per heavy atom. The van der Waals surface area contributed by atoms with E-state index in [9.17, 15) is 9.59 Å². The molecule has 1 saturated heterocycles. The van der Waals surface area contributed by atoms with Gasteiger partial charge in [-0.3, -0.25) is 10.1 Å². The molecule has 7 nitrogen and oxygen atoms in total. The van der Waals surface area contributed by atoms with Gasteiger partial charge in [-0.2, -0.15) is 5.10 Å². The highest BCUT2D eigenvalue weighted by Gasteiger charge is 2.34. The largest absolute Gasteiger partial charge is 0.324 e. The molecule has 3 N–H and O–H groups in total. The van der Waals surface area contributed by atoms with Crippen LogP contribution in [0.1, 0.15) is 88.5 Å². The first kappa shape index (κ1) is 29.1. The Hall–Kier alpha value is -3.45. The molecule has 2 amide bonds. The molecule has 1 aliphatic carbocycles. The lowest BCUT2D eigenvalue weighted by Gasteiger charge is -2.32. The maximum Gasteiger partial charge on any atom is 0.324 e. The second-order valence-corrected chi connectivity index (χ2v) is 13.0. The van der Waals surface area contributed by atoms with E-state index in [1.165, 1.54) is 12.8 Å². The van der Waals surface area contributed by atoms with Crippen LogP contribution in [0.25, 0.3) is 5.69 Å². The van der Waals surface area contributed by atoms with E-state index in [1.54, 1.807) is 4.68 Å². The molecule has 1 aromatic heterocycles. The number of benzene rings is 2. The minimum Gasteiger partial charge on any atom is -0.317 e. The minimum absolute atomic E-state index is 0.183. The number of rotatable bonds is 8. The number of hydrogen-bond donors (Lipinski definition) is 3. The third-order valence-electron chi connectivity index (χ3n) is 8.71. The van der Waals surface area contributed by atoms with Crippen molar-refractivity contribution in [2.45, 2.75) is 84.0 Å². The Bertz CT molecular complexity index is 1340. The molecule has 1 aliphatic heterocycles.